The molecule has 0 saturated carbocycles. The molecule has 0 spiro atoms. The summed E-state index contributed by atoms with van der Waals surface area (Å²) in [6.45, 7) is 3.78. The Balaban J connectivity index is 2.82. The Labute approximate surface area is 84.4 Å². The number of hydrogen-bond acceptors (Lipinski definition) is 1. The highest BCUT2D eigenvalue weighted by molar-refractivity contribution is 5.91. The molecule has 2 nitrogen and oxygen atoms in total. The van der Waals surface area contributed by atoms with E-state index < -0.39 is 0 Å². The van der Waals surface area contributed by atoms with Gasteiger partial charge in [-0.15, -0.1) is 0 Å². The third kappa shape index (κ3) is 2.73. The fraction of sp³-hybridized carbons (Fsp3) is 0.250. The van der Waals surface area contributed by atoms with Crippen LogP contribution in [0.1, 0.15) is 25.3 Å². The molecule has 2 heteroatoms. The molecule has 74 valence electrons. The molecule has 14 heavy (non-hydrogen) atoms. The zero-order valence-electron chi connectivity index (χ0n) is 8.53. The quantitative estimate of drug-likeness (QED) is 0.728. The molecule has 1 aromatic rings. The van der Waals surface area contributed by atoms with E-state index in [1.165, 1.54) is 5.56 Å². The Morgan fingerprint density at radius 1 is 1.36 bits per heavy atom. The van der Waals surface area contributed by atoms with Crippen molar-refractivity contribution in [2.45, 2.75) is 19.8 Å². The van der Waals surface area contributed by atoms with Crippen molar-refractivity contribution in [3.8, 4) is 0 Å². The van der Waals surface area contributed by atoms with E-state index >= 15 is 0 Å². The number of carbonyl (C=O) groups excluding carboxylic acids is 1. The lowest BCUT2D eigenvalue weighted by atomic mass is 9.99. The van der Waals surface area contributed by atoms with Gasteiger partial charge >= 0.3 is 0 Å². The van der Waals surface area contributed by atoms with Crippen molar-refractivity contribution in [3.63, 3.8) is 0 Å². The summed E-state index contributed by atoms with van der Waals surface area (Å²) in [6.07, 6.45) is 1.89. The van der Waals surface area contributed by atoms with Crippen molar-refractivity contribution in [2.24, 2.45) is 5.73 Å². The second-order valence-electron chi connectivity index (χ2n) is 3.41. The summed E-state index contributed by atoms with van der Waals surface area (Å²) in [4.78, 5) is 10.8. The predicted octanol–water partition coefficient (Wildman–Crippen LogP) is 2.22. The number of primary amides is 1. The van der Waals surface area contributed by atoms with Crippen LogP contribution in [0.25, 0.3) is 0 Å². The van der Waals surface area contributed by atoms with E-state index in [1.807, 2.05) is 43.3 Å². The molecule has 1 amide bonds. The van der Waals surface area contributed by atoms with Crippen molar-refractivity contribution in [2.75, 3.05) is 0 Å². The summed E-state index contributed by atoms with van der Waals surface area (Å²) < 4.78 is 0. The maximum absolute atomic E-state index is 10.8. The Bertz CT molecular complexity index is 341. The van der Waals surface area contributed by atoms with Crippen molar-refractivity contribution in [1.29, 1.82) is 0 Å². The summed E-state index contributed by atoms with van der Waals surface area (Å²) in [5.74, 6) is -0.128. The first-order valence-corrected chi connectivity index (χ1v) is 4.64. The first-order valence-electron chi connectivity index (χ1n) is 4.64. The van der Waals surface area contributed by atoms with Crippen LogP contribution in [0.4, 0.5) is 0 Å². The molecule has 0 saturated heterocycles. The molecule has 1 rings (SSSR count). The summed E-state index contributed by atoms with van der Waals surface area (Å²) >= 11 is 0. The molecule has 1 atom stereocenters. The fourth-order valence-corrected chi connectivity index (χ4v) is 1.31. The Morgan fingerprint density at radius 3 is 2.43 bits per heavy atom. The van der Waals surface area contributed by atoms with Crippen molar-refractivity contribution >= 4 is 5.91 Å². The van der Waals surface area contributed by atoms with Gasteiger partial charge in [0.1, 0.15) is 0 Å². The lowest BCUT2D eigenvalue weighted by Crippen LogP contribution is -2.12. The Kier molecular flexibility index (Phi) is 3.46. The molecule has 1 aromatic carbocycles. The van der Waals surface area contributed by atoms with Crippen LogP contribution in [-0.2, 0) is 4.79 Å². The topological polar surface area (TPSA) is 43.1 Å². The number of benzene rings is 1. The van der Waals surface area contributed by atoms with Crippen LogP contribution < -0.4 is 5.73 Å². The van der Waals surface area contributed by atoms with E-state index in [-0.39, 0.29) is 11.8 Å². The average molecular weight is 189 g/mol. The van der Waals surface area contributed by atoms with Gasteiger partial charge in [-0.3, -0.25) is 4.79 Å². The van der Waals surface area contributed by atoms with Crippen LogP contribution in [-0.4, -0.2) is 5.91 Å². The van der Waals surface area contributed by atoms with Gasteiger partial charge in [0.05, 0.1) is 0 Å². The molecule has 0 radical (unpaired) electrons. The molecular formula is C12H15NO. The van der Waals surface area contributed by atoms with Gasteiger partial charge in [-0.05, 0) is 18.4 Å². The molecule has 0 aliphatic rings. The molecule has 0 bridgehead atoms. The first kappa shape index (κ1) is 10.5. The minimum atomic E-state index is -0.354. The molecule has 0 fully saturated rings. The van der Waals surface area contributed by atoms with E-state index in [1.54, 1.807) is 6.92 Å². The zero-order chi connectivity index (χ0) is 10.6. The van der Waals surface area contributed by atoms with Crippen LogP contribution in [0.5, 0.6) is 0 Å². The number of hydrogen-bond donors (Lipinski definition) is 1. The van der Waals surface area contributed by atoms with E-state index in [0.717, 1.165) is 0 Å². The maximum Gasteiger partial charge on any atom is 0.244 e. The summed E-state index contributed by atoms with van der Waals surface area (Å²) in [5, 5.41) is 0. The Hall–Kier alpha value is -1.57. The van der Waals surface area contributed by atoms with Gasteiger partial charge in [-0.2, -0.15) is 0 Å². The number of rotatable bonds is 3. The fourth-order valence-electron chi connectivity index (χ4n) is 1.31. The molecule has 0 aliphatic carbocycles. The van der Waals surface area contributed by atoms with Crippen LogP contribution in [0.3, 0.4) is 0 Å². The molecular weight excluding hydrogens is 174 g/mol. The van der Waals surface area contributed by atoms with Crippen LogP contribution in [0.15, 0.2) is 42.0 Å². The lowest BCUT2D eigenvalue weighted by Gasteiger charge is -2.07. The van der Waals surface area contributed by atoms with E-state index in [4.69, 9.17) is 5.73 Å². The second kappa shape index (κ2) is 4.61. The molecule has 2 N–H and O–H groups in total. The minimum absolute atomic E-state index is 0.226. The third-order valence-electron chi connectivity index (χ3n) is 2.21. The summed E-state index contributed by atoms with van der Waals surface area (Å²) in [6, 6.07) is 10.0. The highest BCUT2D eigenvalue weighted by Gasteiger charge is 2.03. The summed E-state index contributed by atoms with van der Waals surface area (Å²) in [5.41, 5.74) is 6.96. The lowest BCUT2D eigenvalue weighted by molar-refractivity contribution is -0.114. The number of allylic oxidation sites excluding steroid dienone is 1. The SMILES string of the molecule is C/C(=C\[C@H](C)c1ccccc1)C(N)=O. The average Bonchev–Trinajstić information content (AvgIpc) is 2.19. The monoisotopic (exact) mass is 189 g/mol. The maximum atomic E-state index is 10.8. The van der Waals surface area contributed by atoms with E-state index in [2.05, 4.69) is 0 Å². The van der Waals surface area contributed by atoms with Crippen molar-refractivity contribution in [3.05, 3.63) is 47.5 Å². The van der Waals surface area contributed by atoms with Crippen molar-refractivity contribution in [1.82, 2.24) is 0 Å². The van der Waals surface area contributed by atoms with Crippen LogP contribution in [0, 0.1) is 0 Å². The highest BCUT2D eigenvalue weighted by atomic mass is 16.1. The van der Waals surface area contributed by atoms with Crippen LogP contribution >= 0.6 is 0 Å². The first-order chi connectivity index (χ1) is 6.61. The van der Waals surface area contributed by atoms with Crippen LogP contribution in [0.2, 0.25) is 0 Å². The molecule has 0 unspecified atom stereocenters. The second-order valence-corrected chi connectivity index (χ2v) is 3.41. The standard InChI is InChI=1S/C12H15NO/c1-9(8-10(2)12(13)14)11-6-4-3-5-7-11/h3-9H,1-2H3,(H2,13,14)/b10-8+/t9-/m0/s1. The van der Waals surface area contributed by atoms with Crippen molar-refractivity contribution < 1.29 is 4.79 Å². The van der Waals surface area contributed by atoms with Gasteiger partial charge < -0.3 is 5.73 Å². The number of carbonyl (C=O) groups is 1. The smallest absolute Gasteiger partial charge is 0.244 e. The zero-order valence-corrected chi connectivity index (χ0v) is 8.53. The Morgan fingerprint density at radius 2 is 1.93 bits per heavy atom. The summed E-state index contributed by atoms with van der Waals surface area (Å²) in [7, 11) is 0. The normalized spacial score (nSPS) is 13.7. The largest absolute Gasteiger partial charge is 0.366 e. The van der Waals surface area contributed by atoms with Gasteiger partial charge in [-0.1, -0.05) is 43.3 Å². The predicted molar refractivity (Wildman–Crippen MR) is 57.8 cm³/mol. The molecule has 0 heterocycles. The highest BCUT2D eigenvalue weighted by Crippen LogP contribution is 2.17. The number of amides is 1. The minimum Gasteiger partial charge on any atom is -0.366 e. The van der Waals surface area contributed by atoms with Gasteiger partial charge in [0.15, 0.2) is 0 Å². The van der Waals surface area contributed by atoms with Gasteiger partial charge in [-0.25, -0.2) is 0 Å². The van der Waals surface area contributed by atoms with Gasteiger partial charge in [0.25, 0.3) is 0 Å². The third-order valence-corrected chi connectivity index (χ3v) is 2.21. The van der Waals surface area contributed by atoms with E-state index in [0.29, 0.717) is 5.57 Å². The van der Waals surface area contributed by atoms with Gasteiger partial charge in [0, 0.05) is 5.57 Å². The van der Waals surface area contributed by atoms with Gasteiger partial charge in [0.2, 0.25) is 5.91 Å². The molecule has 0 aliphatic heterocycles. The molecule has 0 aromatic heterocycles. The van der Waals surface area contributed by atoms with E-state index in [9.17, 15) is 4.79 Å². The number of nitrogens with two attached hydrogens (primary N) is 1.